The van der Waals surface area contributed by atoms with E-state index in [4.69, 9.17) is 16.3 Å². The quantitative estimate of drug-likeness (QED) is 0.875. The summed E-state index contributed by atoms with van der Waals surface area (Å²) in [6.07, 6.45) is 3.95. The molecule has 1 aliphatic rings. The molecule has 1 N–H and O–H groups in total. The van der Waals surface area contributed by atoms with E-state index < -0.39 is 0 Å². The molecule has 0 bridgehead atoms. The standard InChI is InChI=1S/C10H12ClN7O/c11-8-15-9(13-3-7-1-2-19-4-7)17-10(16-8)18-6-12-5-14-18/h5-7H,1-4H2,(H,13,15,16,17). The van der Waals surface area contributed by atoms with Gasteiger partial charge in [0.1, 0.15) is 12.7 Å². The van der Waals surface area contributed by atoms with Crippen LogP contribution in [0.15, 0.2) is 12.7 Å². The lowest BCUT2D eigenvalue weighted by Gasteiger charge is -2.09. The van der Waals surface area contributed by atoms with Crippen molar-refractivity contribution in [1.29, 1.82) is 0 Å². The number of aromatic nitrogens is 6. The zero-order chi connectivity index (χ0) is 13.1. The van der Waals surface area contributed by atoms with Crippen molar-refractivity contribution >= 4 is 17.5 Å². The van der Waals surface area contributed by atoms with Crippen molar-refractivity contribution < 1.29 is 4.74 Å². The minimum atomic E-state index is 0.116. The van der Waals surface area contributed by atoms with Crippen LogP contribution in [-0.4, -0.2) is 49.5 Å². The summed E-state index contributed by atoms with van der Waals surface area (Å²) in [5.41, 5.74) is 0. The zero-order valence-corrected chi connectivity index (χ0v) is 10.8. The van der Waals surface area contributed by atoms with E-state index in [1.165, 1.54) is 17.3 Å². The van der Waals surface area contributed by atoms with E-state index in [9.17, 15) is 0 Å². The van der Waals surface area contributed by atoms with Crippen LogP contribution in [0, 0.1) is 5.92 Å². The summed E-state index contributed by atoms with van der Waals surface area (Å²) in [7, 11) is 0. The Morgan fingerprint density at radius 2 is 2.37 bits per heavy atom. The van der Waals surface area contributed by atoms with Gasteiger partial charge in [-0.2, -0.15) is 24.7 Å². The molecule has 0 aromatic carbocycles. The molecule has 0 saturated carbocycles. The zero-order valence-electron chi connectivity index (χ0n) is 10.0. The molecule has 19 heavy (non-hydrogen) atoms. The van der Waals surface area contributed by atoms with Crippen LogP contribution in [0.4, 0.5) is 5.95 Å². The van der Waals surface area contributed by atoms with E-state index in [2.05, 4.69) is 30.4 Å². The monoisotopic (exact) mass is 281 g/mol. The van der Waals surface area contributed by atoms with Gasteiger partial charge in [0, 0.05) is 19.1 Å². The number of halogens is 1. The van der Waals surface area contributed by atoms with Crippen LogP contribution in [0.3, 0.4) is 0 Å². The maximum atomic E-state index is 5.87. The van der Waals surface area contributed by atoms with Crippen molar-refractivity contribution in [1.82, 2.24) is 29.7 Å². The van der Waals surface area contributed by atoms with Gasteiger partial charge in [0.25, 0.3) is 5.95 Å². The summed E-state index contributed by atoms with van der Waals surface area (Å²) in [5.74, 6) is 1.24. The lowest BCUT2D eigenvalue weighted by atomic mass is 10.1. The molecule has 0 amide bonds. The van der Waals surface area contributed by atoms with Gasteiger partial charge >= 0.3 is 0 Å². The molecule has 9 heteroatoms. The van der Waals surface area contributed by atoms with Crippen LogP contribution < -0.4 is 5.32 Å². The number of ether oxygens (including phenoxy) is 1. The van der Waals surface area contributed by atoms with E-state index in [1.807, 2.05) is 0 Å². The van der Waals surface area contributed by atoms with Gasteiger partial charge in [-0.15, -0.1) is 0 Å². The van der Waals surface area contributed by atoms with Gasteiger partial charge < -0.3 is 10.1 Å². The van der Waals surface area contributed by atoms with Gasteiger partial charge in [0.15, 0.2) is 0 Å². The molecular formula is C10H12ClN7O. The van der Waals surface area contributed by atoms with Crippen molar-refractivity contribution in [2.45, 2.75) is 6.42 Å². The highest BCUT2D eigenvalue weighted by Crippen LogP contribution is 2.14. The molecule has 1 unspecified atom stereocenters. The molecule has 1 aliphatic heterocycles. The minimum absolute atomic E-state index is 0.116. The average molecular weight is 282 g/mol. The van der Waals surface area contributed by atoms with Crippen molar-refractivity contribution in [3.05, 3.63) is 17.9 Å². The molecule has 1 atom stereocenters. The first-order valence-electron chi connectivity index (χ1n) is 5.89. The topological polar surface area (TPSA) is 90.6 Å². The largest absolute Gasteiger partial charge is 0.381 e. The Labute approximate surface area is 114 Å². The van der Waals surface area contributed by atoms with Gasteiger partial charge in [-0.25, -0.2) is 4.98 Å². The molecule has 1 saturated heterocycles. The van der Waals surface area contributed by atoms with Gasteiger partial charge in [-0.3, -0.25) is 0 Å². The van der Waals surface area contributed by atoms with E-state index in [1.54, 1.807) is 0 Å². The molecule has 3 heterocycles. The first-order valence-corrected chi connectivity index (χ1v) is 6.27. The molecule has 1 fully saturated rings. The van der Waals surface area contributed by atoms with Crippen LogP contribution in [0.1, 0.15) is 6.42 Å². The molecule has 0 spiro atoms. The van der Waals surface area contributed by atoms with E-state index >= 15 is 0 Å². The molecule has 2 aromatic rings. The van der Waals surface area contributed by atoms with Gasteiger partial charge in [-0.1, -0.05) is 0 Å². The summed E-state index contributed by atoms with van der Waals surface area (Å²) < 4.78 is 6.74. The molecule has 2 aromatic heterocycles. The lowest BCUT2D eigenvalue weighted by molar-refractivity contribution is 0.187. The summed E-state index contributed by atoms with van der Waals surface area (Å²) in [6.45, 7) is 2.33. The number of anilines is 1. The predicted molar refractivity (Wildman–Crippen MR) is 67.2 cm³/mol. The fourth-order valence-electron chi connectivity index (χ4n) is 1.81. The Morgan fingerprint density at radius 3 is 3.11 bits per heavy atom. The number of nitrogens with one attached hydrogen (secondary N) is 1. The maximum absolute atomic E-state index is 5.87. The van der Waals surface area contributed by atoms with Gasteiger partial charge in [0.2, 0.25) is 11.2 Å². The first-order chi connectivity index (χ1) is 9.31. The lowest BCUT2D eigenvalue weighted by Crippen LogP contribution is -2.17. The maximum Gasteiger partial charge on any atom is 0.258 e. The third-order valence-electron chi connectivity index (χ3n) is 2.79. The molecule has 0 radical (unpaired) electrons. The van der Waals surface area contributed by atoms with Crippen molar-refractivity contribution in [2.75, 3.05) is 25.1 Å². The van der Waals surface area contributed by atoms with Crippen LogP contribution in [0.25, 0.3) is 5.95 Å². The Bertz CT molecular complexity index is 541. The normalized spacial score (nSPS) is 18.7. The van der Waals surface area contributed by atoms with Crippen molar-refractivity contribution in [2.24, 2.45) is 5.92 Å². The fraction of sp³-hybridized carbons (Fsp3) is 0.500. The third-order valence-corrected chi connectivity index (χ3v) is 2.96. The molecule has 8 nitrogen and oxygen atoms in total. The van der Waals surface area contributed by atoms with E-state index in [0.717, 1.165) is 26.2 Å². The second-order valence-electron chi connectivity index (χ2n) is 4.18. The van der Waals surface area contributed by atoms with Crippen LogP contribution >= 0.6 is 11.6 Å². The van der Waals surface area contributed by atoms with Crippen LogP contribution in [0.5, 0.6) is 0 Å². The number of hydrogen-bond acceptors (Lipinski definition) is 7. The summed E-state index contributed by atoms with van der Waals surface area (Å²) in [6, 6.07) is 0. The fourth-order valence-corrected chi connectivity index (χ4v) is 1.97. The Kier molecular flexibility index (Phi) is 3.51. The Hall–Kier alpha value is -1.80. The highest BCUT2D eigenvalue weighted by Gasteiger charge is 2.16. The predicted octanol–water partition coefficient (Wildman–Crippen LogP) is 0.554. The van der Waals surface area contributed by atoms with Crippen molar-refractivity contribution in [3.63, 3.8) is 0 Å². The Balaban J connectivity index is 1.74. The highest BCUT2D eigenvalue weighted by atomic mass is 35.5. The molecule has 100 valence electrons. The number of nitrogens with zero attached hydrogens (tertiary/aromatic N) is 6. The SMILES string of the molecule is Clc1nc(NCC2CCOC2)nc(-n2cncn2)n1. The van der Waals surface area contributed by atoms with Crippen LogP contribution in [-0.2, 0) is 4.74 Å². The highest BCUT2D eigenvalue weighted by molar-refractivity contribution is 6.28. The summed E-state index contributed by atoms with van der Waals surface area (Å²) in [4.78, 5) is 16.1. The first kappa shape index (κ1) is 12.2. The van der Waals surface area contributed by atoms with Gasteiger partial charge in [-0.05, 0) is 18.0 Å². The molecular weight excluding hydrogens is 270 g/mol. The third kappa shape index (κ3) is 2.96. The minimum Gasteiger partial charge on any atom is -0.381 e. The average Bonchev–Trinajstić information content (AvgIpc) is 3.09. The molecule has 0 aliphatic carbocycles. The van der Waals surface area contributed by atoms with Gasteiger partial charge in [0.05, 0.1) is 6.61 Å². The molecule has 3 rings (SSSR count). The number of hydrogen-bond donors (Lipinski definition) is 1. The summed E-state index contributed by atoms with van der Waals surface area (Å²) >= 11 is 5.87. The smallest absolute Gasteiger partial charge is 0.258 e. The van der Waals surface area contributed by atoms with Crippen LogP contribution in [0.2, 0.25) is 5.28 Å². The second kappa shape index (κ2) is 5.45. The summed E-state index contributed by atoms with van der Waals surface area (Å²) in [5, 5.41) is 7.21. The van der Waals surface area contributed by atoms with E-state index in [0.29, 0.717) is 17.8 Å². The Morgan fingerprint density at radius 1 is 1.42 bits per heavy atom. The number of rotatable bonds is 4. The van der Waals surface area contributed by atoms with E-state index in [-0.39, 0.29) is 5.28 Å². The second-order valence-corrected chi connectivity index (χ2v) is 4.52. The van der Waals surface area contributed by atoms with Crippen molar-refractivity contribution in [3.8, 4) is 5.95 Å².